The summed E-state index contributed by atoms with van der Waals surface area (Å²) in [7, 11) is 3.98. The Kier molecular flexibility index (Phi) is 4.78. The van der Waals surface area contributed by atoms with Gasteiger partial charge >= 0.3 is 5.97 Å². The number of ether oxygens (including phenoxy) is 1. The van der Waals surface area contributed by atoms with Gasteiger partial charge < -0.3 is 20.5 Å². The minimum atomic E-state index is -1.04. The smallest absolute Gasteiger partial charge is 0.337 e. The fourth-order valence-electron chi connectivity index (χ4n) is 1.38. The van der Waals surface area contributed by atoms with Crippen molar-refractivity contribution in [1.29, 1.82) is 0 Å². The van der Waals surface area contributed by atoms with Crippen LogP contribution in [-0.2, 0) is 0 Å². The van der Waals surface area contributed by atoms with Gasteiger partial charge in [0.1, 0.15) is 5.75 Å². The first-order valence-corrected chi connectivity index (χ1v) is 5.41. The largest absolute Gasteiger partial charge is 0.494 e. The van der Waals surface area contributed by atoms with Crippen LogP contribution < -0.4 is 10.5 Å². The molecule has 0 atom stereocenters. The number of carbonyl (C=O) groups is 1. The van der Waals surface area contributed by atoms with E-state index in [1.165, 1.54) is 6.07 Å². The molecule has 0 saturated heterocycles. The predicted octanol–water partition coefficient (Wildman–Crippen LogP) is 1.30. The molecule has 0 heterocycles. The summed E-state index contributed by atoms with van der Waals surface area (Å²) in [6, 6.07) is 4.68. The van der Waals surface area contributed by atoms with Gasteiger partial charge in [-0.3, -0.25) is 0 Å². The maximum atomic E-state index is 10.9. The third kappa shape index (κ3) is 4.32. The Morgan fingerprint density at radius 1 is 1.47 bits per heavy atom. The summed E-state index contributed by atoms with van der Waals surface area (Å²) in [5, 5.41) is 8.89. The van der Waals surface area contributed by atoms with Crippen LogP contribution in [0.5, 0.6) is 5.75 Å². The first-order valence-electron chi connectivity index (χ1n) is 5.41. The van der Waals surface area contributed by atoms with Gasteiger partial charge in [0.05, 0.1) is 12.2 Å². The van der Waals surface area contributed by atoms with E-state index in [2.05, 4.69) is 4.90 Å². The van der Waals surface area contributed by atoms with Crippen LogP contribution in [0.3, 0.4) is 0 Å². The number of benzene rings is 1. The molecule has 1 rings (SSSR count). The molecule has 94 valence electrons. The lowest BCUT2D eigenvalue weighted by molar-refractivity contribution is 0.0697. The topological polar surface area (TPSA) is 75.8 Å². The lowest BCUT2D eigenvalue weighted by atomic mass is 10.2. The van der Waals surface area contributed by atoms with Crippen molar-refractivity contribution in [2.24, 2.45) is 0 Å². The number of hydrogen-bond acceptors (Lipinski definition) is 4. The average Bonchev–Trinajstić information content (AvgIpc) is 2.25. The molecule has 0 unspecified atom stereocenters. The van der Waals surface area contributed by atoms with E-state index in [1.807, 2.05) is 14.1 Å². The second-order valence-electron chi connectivity index (χ2n) is 4.06. The summed E-state index contributed by atoms with van der Waals surface area (Å²) in [4.78, 5) is 12.9. The number of nitrogen functional groups attached to an aromatic ring is 1. The van der Waals surface area contributed by atoms with Crippen LogP contribution in [0.2, 0.25) is 0 Å². The molecule has 0 bridgehead atoms. The first-order chi connectivity index (χ1) is 8.00. The van der Waals surface area contributed by atoms with Gasteiger partial charge in [-0.1, -0.05) is 0 Å². The van der Waals surface area contributed by atoms with E-state index in [-0.39, 0.29) is 11.3 Å². The molecule has 0 aliphatic rings. The number of nitrogens with zero attached hydrogens (tertiary/aromatic N) is 1. The molecule has 0 aromatic heterocycles. The van der Waals surface area contributed by atoms with Crippen LogP contribution in [0.15, 0.2) is 18.2 Å². The molecule has 0 fully saturated rings. The zero-order chi connectivity index (χ0) is 12.8. The monoisotopic (exact) mass is 238 g/mol. The Labute approximate surface area is 101 Å². The second-order valence-corrected chi connectivity index (χ2v) is 4.06. The van der Waals surface area contributed by atoms with Crippen molar-refractivity contribution in [3.63, 3.8) is 0 Å². The highest BCUT2D eigenvalue weighted by Crippen LogP contribution is 2.19. The summed E-state index contributed by atoms with van der Waals surface area (Å²) in [5.41, 5.74) is 5.87. The van der Waals surface area contributed by atoms with Crippen LogP contribution in [0.25, 0.3) is 0 Å². The van der Waals surface area contributed by atoms with Gasteiger partial charge in [0.2, 0.25) is 0 Å². The van der Waals surface area contributed by atoms with Crippen molar-refractivity contribution in [2.75, 3.05) is 33.0 Å². The maximum Gasteiger partial charge on any atom is 0.337 e. The lowest BCUT2D eigenvalue weighted by Gasteiger charge is -2.11. The first kappa shape index (κ1) is 13.3. The fourth-order valence-corrected chi connectivity index (χ4v) is 1.38. The van der Waals surface area contributed by atoms with E-state index in [9.17, 15) is 4.79 Å². The third-order valence-electron chi connectivity index (χ3n) is 2.27. The minimum Gasteiger partial charge on any atom is -0.494 e. The zero-order valence-corrected chi connectivity index (χ0v) is 10.1. The molecule has 0 spiro atoms. The van der Waals surface area contributed by atoms with Crippen molar-refractivity contribution < 1.29 is 14.6 Å². The number of nitrogens with two attached hydrogens (primary N) is 1. The Morgan fingerprint density at radius 3 is 2.76 bits per heavy atom. The summed E-state index contributed by atoms with van der Waals surface area (Å²) in [6.45, 7) is 1.49. The zero-order valence-electron chi connectivity index (χ0n) is 10.1. The number of aromatic carboxylic acids is 1. The molecule has 0 amide bonds. The standard InChI is InChI=1S/C12H18N2O3/c1-14(2)6-3-7-17-9-4-5-11(13)10(8-9)12(15)16/h4-5,8H,3,6-7,13H2,1-2H3,(H,15,16). The van der Waals surface area contributed by atoms with Gasteiger partial charge in [-0.15, -0.1) is 0 Å². The summed E-state index contributed by atoms with van der Waals surface area (Å²) < 4.78 is 5.46. The van der Waals surface area contributed by atoms with Gasteiger partial charge in [0.25, 0.3) is 0 Å². The molecule has 0 saturated carbocycles. The van der Waals surface area contributed by atoms with Gasteiger partial charge in [0, 0.05) is 12.2 Å². The fraction of sp³-hybridized carbons (Fsp3) is 0.417. The second kappa shape index (κ2) is 6.10. The van der Waals surface area contributed by atoms with E-state index in [4.69, 9.17) is 15.6 Å². The molecule has 5 nitrogen and oxygen atoms in total. The van der Waals surface area contributed by atoms with E-state index in [0.717, 1.165) is 13.0 Å². The summed E-state index contributed by atoms with van der Waals surface area (Å²) in [5.74, 6) is -0.503. The SMILES string of the molecule is CN(C)CCCOc1ccc(N)c(C(=O)O)c1. The number of anilines is 1. The average molecular weight is 238 g/mol. The number of carboxylic acid groups (broad SMARTS) is 1. The van der Waals surface area contributed by atoms with Crippen molar-refractivity contribution >= 4 is 11.7 Å². The van der Waals surface area contributed by atoms with Gasteiger partial charge in [-0.05, 0) is 38.7 Å². The van der Waals surface area contributed by atoms with Crippen LogP contribution in [0.4, 0.5) is 5.69 Å². The molecule has 0 aliphatic heterocycles. The van der Waals surface area contributed by atoms with Crippen LogP contribution in [0, 0.1) is 0 Å². The number of rotatable bonds is 6. The molecule has 17 heavy (non-hydrogen) atoms. The predicted molar refractivity (Wildman–Crippen MR) is 66.5 cm³/mol. The highest BCUT2D eigenvalue weighted by molar-refractivity contribution is 5.94. The van der Waals surface area contributed by atoms with Gasteiger partial charge in [0.15, 0.2) is 0 Å². The molecular formula is C12H18N2O3. The molecule has 5 heteroatoms. The molecule has 0 radical (unpaired) electrons. The van der Waals surface area contributed by atoms with E-state index < -0.39 is 5.97 Å². The van der Waals surface area contributed by atoms with E-state index in [0.29, 0.717) is 12.4 Å². The van der Waals surface area contributed by atoms with Gasteiger partial charge in [-0.2, -0.15) is 0 Å². The van der Waals surface area contributed by atoms with Gasteiger partial charge in [-0.25, -0.2) is 4.79 Å². The maximum absolute atomic E-state index is 10.9. The third-order valence-corrected chi connectivity index (χ3v) is 2.27. The number of carboxylic acids is 1. The molecule has 1 aromatic rings. The number of hydrogen-bond donors (Lipinski definition) is 2. The minimum absolute atomic E-state index is 0.0788. The quantitative estimate of drug-likeness (QED) is 0.577. The molecular weight excluding hydrogens is 220 g/mol. The van der Waals surface area contributed by atoms with Crippen LogP contribution in [0.1, 0.15) is 16.8 Å². The van der Waals surface area contributed by atoms with Crippen molar-refractivity contribution in [1.82, 2.24) is 4.90 Å². The Balaban J connectivity index is 2.54. The highest BCUT2D eigenvalue weighted by Gasteiger charge is 2.08. The van der Waals surface area contributed by atoms with Crippen molar-refractivity contribution in [3.05, 3.63) is 23.8 Å². The van der Waals surface area contributed by atoms with Crippen LogP contribution in [-0.4, -0.2) is 43.2 Å². The normalized spacial score (nSPS) is 10.5. The molecule has 3 N–H and O–H groups in total. The van der Waals surface area contributed by atoms with Crippen molar-refractivity contribution in [2.45, 2.75) is 6.42 Å². The van der Waals surface area contributed by atoms with Crippen LogP contribution >= 0.6 is 0 Å². The summed E-state index contributed by atoms with van der Waals surface area (Å²) >= 11 is 0. The molecule has 0 aliphatic carbocycles. The Morgan fingerprint density at radius 2 is 2.18 bits per heavy atom. The highest BCUT2D eigenvalue weighted by atomic mass is 16.5. The molecule has 1 aromatic carbocycles. The lowest BCUT2D eigenvalue weighted by Crippen LogP contribution is -2.15. The Bertz CT molecular complexity index is 391. The van der Waals surface area contributed by atoms with E-state index in [1.54, 1.807) is 12.1 Å². The van der Waals surface area contributed by atoms with Crippen molar-refractivity contribution in [3.8, 4) is 5.75 Å². The van der Waals surface area contributed by atoms with E-state index >= 15 is 0 Å². The Hall–Kier alpha value is -1.75. The summed E-state index contributed by atoms with van der Waals surface area (Å²) in [6.07, 6.45) is 0.889.